The predicted molar refractivity (Wildman–Crippen MR) is 40.5 cm³/mol. The highest BCUT2D eigenvalue weighted by Crippen LogP contribution is 2.17. The Kier molecular flexibility index (Phi) is 2.75. The van der Waals surface area contributed by atoms with Gasteiger partial charge in [-0.05, 0) is 18.6 Å². The minimum absolute atomic E-state index is 0.136. The van der Waals surface area contributed by atoms with Crippen LogP contribution < -0.4 is 4.74 Å². The molecule has 1 heterocycles. The number of pyridine rings is 1. The van der Waals surface area contributed by atoms with Crippen LogP contribution in [0, 0.1) is 6.92 Å². The summed E-state index contributed by atoms with van der Waals surface area (Å²) in [5, 5.41) is 0. The third kappa shape index (κ3) is 3.78. The van der Waals surface area contributed by atoms with Crippen LogP contribution in [0.4, 0.5) is 13.2 Å². The average molecular weight is 191 g/mol. The van der Waals surface area contributed by atoms with E-state index in [2.05, 4.69) is 9.72 Å². The first kappa shape index (κ1) is 9.83. The van der Waals surface area contributed by atoms with Gasteiger partial charge in [0.15, 0.2) is 6.61 Å². The Bertz CT molecular complexity index is 285. The third-order valence-electron chi connectivity index (χ3n) is 1.25. The maximum Gasteiger partial charge on any atom is 0.422 e. The van der Waals surface area contributed by atoms with E-state index < -0.39 is 12.8 Å². The van der Waals surface area contributed by atoms with Gasteiger partial charge in [0.2, 0.25) is 0 Å². The molecule has 0 fully saturated rings. The topological polar surface area (TPSA) is 22.1 Å². The van der Waals surface area contributed by atoms with E-state index in [9.17, 15) is 13.2 Å². The van der Waals surface area contributed by atoms with Crippen molar-refractivity contribution in [3.8, 4) is 5.75 Å². The molecule has 0 spiro atoms. The number of aromatic nitrogens is 1. The summed E-state index contributed by atoms with van der Waals surface area (Å²) in [6.45, 7) is 0.450. The van der Waals surface area contributed by atoms with Crippen molar-refractivity contribution in [2.24, 2.45) is 0 Å². The van der Waals surface area contributed by atoms with Gasteiger partial charge in [0, 0.05) is 6.20 Å². The van der Waals surface area contributed by atoms with Gasteiger partial charge in [-0.1, -0.05) is 0 Å². The van der Waals surface area contributed by atoms with Crippen molar-refractivity contribution in [3.05, 3.63) is 24.0 Å². The van der Waals surface area contributed by atoms with Crippen molar-refractivity contribution < 1.29 is 17.9 Å². The lowest BCUT2D eigenvalue weighted by molar-refractivity contribution is -0.153. The van der Waals surface area contributed by atoms with Crippen LogP contribution in [0.5, 0.6) is 5.75 Å². The summed E-state index contributed by atoms with van der Waals surface area (Å²) in [5.74, 6) is 0.136. The molecule has 0 saturated carbocycles. The van der Waals surface area contributed by atoms with Gasteiger partial charge in [0.25, 0.3) is 0 Å². The number of halogens is 3. The summed E-state index contributed by atoms with van der Waals surface area (Å²) in [6.07, 6.45) is -1.51. The van der Waals surface area contributed by atoms with Gasteiger partial charge in [-0.2, -0.15) is 13.2 Å². The van der Waals surface area contributed by atoms with E-state index in [1.807, 2.05) is 0 Å². The van der Waals surface area contributed by atoms with Crippen molar-refractivity contribution in [1.82, 2.24) is 4.98 Å². The molecule has 0 atom stereocenters. The zero-order valence-electron chi connectivity index (χ0n) is 6.93. The van der Waals surface area contributed by atoms with Crippen LogP contribution in [0.2, 0.25) is 0 Å². The second-order valence-corrected chi connectivity index (χ2v) is 2.60. The van der Waals surface area contributed by atoms with E-state index in [-0.39, 0.29) is 5.75 Å². The normalized spacial score (nSPS) is 11.4. The molecular formula is C8H8F3NO. The van der Waals surface area contributed by atoms with E-state index in [0.29, 0.717) is 0 Å². The minimum Gasteiger partial charge on any atom is -0.482 e. The molecule has 5 heteroatoms. The fourth-order valence-corrected chi connectivity index (χ4v) is 0.771. The van der Waals surface area contributed by atoms with Gasteiger partial charge < -0.3 is 4.74 Å². The van der Waals surface area contributed by atoms with Crippen molar-refractivity contribution >= 4 is 0 Å². The summed E-state index contributed by atoms with van der Waals surface area (Å²) in [6, 6.07) is 1.50. The molecule has 0 aliphatic heterocycles. The number of hydrogen-bond donors (Lipinski definition) is 0. The standard InChI is InChI=1S/C8H8F3NO/c1-6-2-7(4-12-3-6)13-5-8(9,10)11/h2-4H,5H2,1H3. The fourth-order valence-electron chi connectivity index (χ4n) is 0.771. The zero-order valence-corrected chi connectivity index (χ0v) is 6.93. The largest absolute Gasteiger partial charge is 0.482 e. The van der Waals surface area contributed by atoms with Crippen LogP contribution in [0.25, 0.3) is 0 Å². The Hall–Kier alpha value is -1.26. The molecule has 2 nitrogen and oxygen atoms in total. The van der Waals surface area contributed by atoms with Gasteiger partial charge in [0.1, 0.15) is 5.75 Å². The van der Waals surface area contributed by atoms with Gasteiger partial charge in [-0.25, -0.2) is 0 Å². The van der Waals surface area contributed by atoms with E-state index in [0.717, 1.165) is 5.56 Å². The third-order valence-corrected chi connectivity index (χ3v) is 1.25. The lowest BCUT2D eigenvalue weighted by atomic mass is 10.3. The SMILES string of the molecule is Cc1cncc(OCC(F)(F)F)c1. The summed E-state index contributed by atoms with van der Waals surface area (Å²) in [7, 11) is 0. The first-order chi connectivity index (χ1) is 5.97. The van der Waals surface area contributed by atoms with Crippen LogP contribution in [0.15, 0.2) is 18.5 Å². The molecule has 13 heavy (non-hydrogen) atoms. The van der Waals surface area contributed by atoms with E-state index in [1.54, 1.807) is 13.1 Å². The lowest BCUT2D eigenvalue weighted by Gasteiger charge is -2.08. The second-order valence-electron chi connectivity index (χ2n) is 2.60. The fraction of sp³-hybridized carbons (Fsp3) is 0.375. The molecule has 0 aliphatic carbocycles. The Morgan fingerprint density at radius 3 is 2.62 bits per heavy atom. The van der Waals surface area contributed by atoms with Gasteiger partial charge in [0.05, 0.1) is 6.20 Å². The van der Waals surface area contributed by atoms with Gasteiger partial charge in [-0.15, -0.1) is 0 Å². The molecule has 1 aromatic heterocycles. The first-order valence-electron chi connectivity index (χ1n) is 3.58. The number of hydrogen-bond acceptors (Lipinski definition) is 2. The van der Waals surface area contributed by atoms with Crippen LogP contribution in [0.3, 0.4) is 0 Å². The number of nitrogens with zero attached hydrogens (tertiary/aromatic N) is 1. The smallest absolute Gasteiger partial charge is 0.422 e. The molecule has 72 valence electrons. The maximum absolute atomic E-state index is 11.7. The highest BCUT2D eigenvalue weighted by atomic mass is 19.4. The Morgan fingerprint density at radius 2 is 2.08 bits per heavy atom. The van der Waals surface area contributed by atoms with Gasteiger partial charge in [-0.3, -0.25) is 4.98 Å². The Labute approximate surface area is 73.4 Å². The van der Waals surface area contributed by atoms with Crippen LogP contribution in [-0.4, -0.2) is 17.8 Å². The lowest BCUT2D eigenvalue weighted by Crippen LogP contribution is -2.19. The van der Waals surface area contributed by atoms with Crippen molar-refractivity contribution in [1.29, 1.82) is 0 Å². The van der Waals surface area contributed by atoms with E-state index in [4.69, 9.17) is 0 Å². The van der Waals surface area contributed by atoms with Crippen molar-refractivity contribution in [2.75, 3.05) is 6.61 Å². The number of alkyl halides is 3. The number of ether oxygens (including phenoxy) is 1. The molecule has 0 amide bonds. The molecule has 0 radical (unpaired) electrons. The Morgan fingerprint density at radius 1 is 1.38 bits per heavy atom. The molecule has 0 aromatic carbocycles. The second kappa shape index (κ2) is 3.64. The average Bonchev–Trinajstić information content (AvgIpc) is 2.00. The monoisotopic (exact) mass is 191 g/mol. The van der Waals surface area contributed by atoms with Crippen molar-refractivity contribution in [2.45, 2.75) is 13.1 Å². The number of aryl methyl sites for hydroxylation is 1. The molecule has 0 unspecified atom stereocenters. The molecule has 0 bridgehead atoms. The van der Waals surface area contributed by atoms with Crippen molar-refractivity contribution in [3.63, 3.8) is 0 Å². The van der Waals surface area contributed by atoms with Crippen LogP contribution in [0.1, 0.15) is 5.56 Å². The van der Waals surface area contributed by atoms with E-state index in [1.165, 1.54) is 12.3 Å². The molecule has 0 N–H and O–H groups in total. The quantitative estimate of drug-likeness (QED) is 0.715. The summed E-state index contributed by atoms with van der Waals surface area (Å²) in [4.78, 5) is 3.69. The summed E-state index contributed by atoms with van der Waals surface area (Å²) >= 11 is 0. The summed E-state index contributed by atoms with van der Waals surface area (Å²) < 4.78 is 39.6. The van der Waals surface area contributed by atoms with Crippen LogP contribution in [-0.2, 0) is 0 Å². The molecular weight excluding hydrogens is 183 g/mol. The predicted octanol–water partition coefficient (Wildman–Crippen LogP) is 2.33. The molecule has 1 aromatic rings. The maximum atomic E-state index is 11.7. The van der Waals surface area contributed by atoms with Gasteiger partial charge >= 0.3 is 6.18 Å². The molecule has 0 aliphatic rings. The highest BCUT2D eigenvalue weighted by Gasteiger charge is 2.28. The Balaban J connectivity index is 2.55. The molecule has 1 rings (SSSR count). The van der Waals surface area contributed by atoms with E-state index >= 15 is 0 Å². The molecule has 0 saturated heterocycles. The minimum atomic E-state index is -4.30. The highest BCUT2D eigenvalue weighted by molar-refractivity contribution is 5.22. The zero-order chi connectivity index (χ0) is 9.90. The summed E-state index contributed by atoms with van der Waals surface area (Å²) in [5.41, 5.74) is 0.764. The van der Waals surface area contributed by atoms with Crippen LogP contribution >= 0.6 is 0 Å². The first-order valence-corrected chi connectivity index (χ1v) is 3.58. The number of rotatable bonds is 2.